The van der Waals surface area contributed by atoms with Crippen molar-refractivity contribution in [1.82, 2.24) is 24.6 Å². The Kier molecular flexibility index (Phi) is 5.97. The number of aromatic nitrogens is 4. The minimum Gasteiger partial charge on any atom is -0.343 e. The average Bonchev–Trinajstić information content (AvgIpc) is 3.42. The van der Waals surface area contributed by atoms with E-state index in [-0.39, 0.29) is 22.9 Å². The summed E-state index contributed by atoms with van der Waals surface area (Å²) in [7, 11) is 0. The first-order chi connectivity index (χ1) is 14.9. The van der Waals surface area contributed by atoms with Crippen LogP contribution in [-0.2, 0) is 23.9 Å². The lowest BCUT2D eigenvalue weighted by Gasteiger charge is -2.31. The molecule has 7 nitrogen and oxygen atoms in total. The highest BCUT2D eigenvalue weighted by molar-refractivity contribution is 5.82. The largest absolute Gasteiger partial charge is 0.417 e. The Morgan fingerprint density at radius 3 is 2.71 bits per heavy atom. The van der Waals surface area contributed by atoms with Crippen molar-refractivity contribution >= 4 is 17.0 Å². The van der Waals surface area contributed by atoms with Crippen LogP contribution in [-0.4, -0.2) is 43.6 Å². The molecule has 1 aliphatic rings. The van der Waals surface area contributed by atoms with Crippen molar-refractivity contribution in [3.63, 3.8) is 0 Å². The van der Waals surface area contributed by atoms with Gasteiger partial charge in [-0.1, -0.05) is 12.1 Å². The summed E-state index contributed by atoms with van der Waals surface area (Å²) in [5, 5.41) is 3.92. The van der Waals surface area contributed by atoms with E-state index in [0.29, 0.717) is 56.6 Å². The molecule has 1 fully saturated rings. The lowest BCUT2D eigenvalue weighted by atomic mass is 9.90. The number of hydrogen-bond donors (Lipinski definition) is 0. The van der Waals surface area contributed by atoms with Gasteiger partial charge in [0.25, 0.3) is 5.71 Å². The fraction of sp³-hybridized carbons (Fsp3) is 0.524. The highest BCUT2D eigenvalue weighted by Crippen LogP contribution is 2.40. The Labute approximate surface area is 177 Å². The molecule has 3 aromatic rings. The number of pyridine rings is 1. The van der Waals surface area contributed by atoms with Crippen molar-refractivity contribution in [2.75, 3.05) is 13.1 Å². The van der Waals surface area contributed by atoms with Crippen LogP contribution < -0.4 is 0 Å². The third-order valence-electron chi connectivity index (χ3n) is 5.79. The van der Waals surface area contributed by atoms with Gasteiger partial charge in [-0.2, -0.15) is 13.2 Å². The van der Waals surface area contributed by atoms with Gasteiger partial charge in [-0.3, -0.25) is 4.79 Å². The van der Waals surface area contributed by atoms with E-state index in [2.05, 4.69) is 15.1 Å². The van der Waals surface area contributed by atoms with Crippen LogP contribution in [0.3, 0.4) is 0 Å². The third kappa shape index (κ3) is 4.57. The summed E-state index contributed by atoms with van der Waals surface area (Å²) in [6.07, 6.45) is 3.35. The maximum Gasteiger partial charge on any atom is 0.417 e. The number of halogens is 3. The molecule has 1 amide bonds. The number of imidazole rings is 1. The molecule has 0 N–H and O–H groups in total. The van der Waals surface area contributed by atoms with Gasteiger partial charge in [-0.15, -0.1) is 0 Å². The molecule has 0 aromatic carbocycles. The lowest BCUT2D eigenvalue weighted by molar-refractivity contribution is -0.136. The number of nitrogens with zero attached hydrogens (tertiary/aromatic N) is 5. The van der Waals surface area contributed by atoms with Crippen LogP contribution in [0.2, 0.25) is 0 Å². The SMILES string of the molecule is CCc1cc(C(F)(F)F)c2c(C3CCN(C(=O)CCCn4ccnc4)CC3)noc2n1. The Balaban J connectivity index is 1.43. The molecule has 0 saturated carbocycles. The smallest absolute Gasteiger partial charge is 0.343 e. The van der Waals surface area contributed by atoms with Crippen LogP contribution in [0.1, 0.15) is 55.5 Å². The monoisotopic (exact) mass is 435 g/mol. The van der Waals surface area contributed by atoms with E-state index in [0.717, 1.165) is 12.6 Å². The summed E-state index contributed by atoms with van der Waals surface area (Å²) in [6.45, 7) is 3.45. The predicted molar refractivity (Wildman–Crippen MR) is 106 cm³/mol. The van der Waals surface area contributed by atoms with Gasteiger partial charge in [0.05, 0.1) is 23.0 Å². The Hall–Kier alpha value is -2.91. The molecule has 0 unspecified atom stereocenters. The number of alkyl halides is 3. The van der Waals surface area contributed by atoms with E-state index in [1.54, 1.807) is 24.3 Å². The van der Waals surface area contributed by atoms with Gasteiger partial charge >= 0.3 is 6.18 Å². The van der Waals surface area contributed by atoms with Crippen LogP contribution in [0.4, 0.5) is 13.2 Å². The molecule has 166 valence electrons. The first-order valence-corrected chi connectivity index (χ1v) is 10.5. The van der Waals surface area contributed by atoms with Crippen LogP contribution >= 0.6 is 0 Å². The van der Waals surface area contributed by atoms with E-state index >= 15 is 0 Å². The molecule has 4 rings (SSSR count). The molecule has 10 heteroatoms. The number of carbonyl (C=O) groups is 1. The van der Waals surface area contributed by atoms with Crippen molar-refractivity contribution in [3.8, 4) is 0 Å². The fourth-order valence-electron chi connectivity index (χ4n) is 4.10. The molecule has 1 saturated heterocycles. The summed E-state index contributed by atoms with van der Waals surface area (Å²) >= 11 is 0. The second kappa shape index (κ2) is 8.68. The zero-order chi connectivity index (χ0) is 22.0. The van der Waals surface area contributed by atoms with Crippen molar-refractivity contribution in [2.45, 2.75) is 57.7 Å². The van der Waals surface area contributed by atoms with Gasteiger partial charge in [0, 0.05) is 50.1 Å². The highest BCUT2D eigenvalue weighted by atomic mass is 19.4. The van der Waals surface area contributed by atoms with Gasteiger partial charge in [-0.25, -0.2) is 9.97 Å². The number of rotatable bonds is 6. The molecule has 0 radical (unpaired) electrons. The number of piperidine rings is 1. The molecule has 0 aliphatic carbocycles. The van der Waals surface area contributed by atoms with Crippen molar-refractivity contribution in [1.29, 1.82) is 0 Å². The van der Waals surface area contributed by atoms with Gasteiger partial charge in [0.1, 0.15) is 0 Å². The summed E-state index contributed by atoms with van der Waals surface area (Å²) in [6, 6.07) is 1.09. The summed E-state index contributed by atoms with van der Waals surface area (Å²) in [4.78, 5) is 22.4. The Morgan fingerprint density at radius 1 is 1.29 bits per heavy atom. The Bertz CT molecular complexity index is 1040. The normalized spacial score (nSPS) is 15.7. The van der Waals surface area contributed by atoms with E-state index in [9.17, 15) is 18.0 Å². The van der Waals surface area contributed by atoms with E-state index in [4.69, 9.17) is 4.52 Å². The Morgan fingerprint density at radius 2 is 2.06 bits per heavy atom. The minimum absolute atomic E-state index is 0.0465. The zero-order valence-corrected chi connectivity index (χ0v) is 17.2. The van der Waals surface area contributed by atoms with Crippen LogP contribution in [0.5, 0.6) is 0 Å². The average molecular weight is 435 g/mol. The molecule has 0 bridgehead atoms. The van der Waals surface area contributed by atoms with Gasteiger partial charge in [0.15, 0.2) is 0 Å². The van der Waals surface area contributed by atoms with Gasteiger partial charge < -0.3 is 14.0 Å². The molecule has 0 spiro atoms. The topological polar surface area (TPSA) is 77.0 Å². The molecule has 1 aliphatic heterocycles. The van der Waals surface area contributed by atoms with Crippen LogP contribution in [0.25, 0.3) is 11.1 Å². The number of hydrogen-bond acceptors (Lipinski definition) is 5. The molecular formula is C21H24F3N5O2. The van der Waals surface area contributed by atoms with E-state index < -0.39 is 11.7 Å². The van der Waals surface area contributed by atoms with Gasteiger partial charge in [0.2, 0.25) is 5.91 Å². The van der Waals surface area contributed by atoms with Gasteiger partial charge in [-0.05, 0) is 31.7 Å². The first kappa shape index (κ1) is 21.3. The van der Waals surface area contributed by atoms with E-state index in [1.807, 2.05) is 10.8 Å². The summed E-state index contributed by atoms with van der Waals surface area (Å²) in [5.74, 6) is -0.138. The highest BCUT2D eigenvalue weighted by Gasteiger charge is 2.38. The molecule has 4 heterocycles. The number of amides is 1. The second-order valence-electron chi connectivity index (χ2n) is 7.82. The summed E-state index contributed by atoms with van der Waals surface area (Å²) < 4.78 is 48.2. The second-order valence-corrected chi connectivity index (χ2v) is 7.82. The van der Waals surface area contributed by atoms with Crippen molar-refractivity contribution < 1.29 is 22.5 Å². The number of fused-ring (bicyclic) bond motifs is 1. The summed E-state index contributed by atoms with van der Waals surface area (Å²) in [5.41, 5.74) is -0.202. The van der Waals surface area contributed by atoms with E-state index in [1.165, 1.54) is 0 Å². The standard InChI is InChI=1S/C21H24F3N5O2/c1-2-15-12-16(21(22,23)24)18-19(27-31-20(18)26-15)14-5-9-29(10-6-14)17(30)4-3-8-28-11-7-25-13-28/h7,11-14H,2-6,8-10H2,1H3. The molecule has 3 aromatic heterocycles. The number of aryl methyl sites for hydroxylation is 2. The predicted octanol–water partition coefficient (Wildman–Crippen LogP) is 4.19. The quantitative estimate of drug-likeness (QED) is 0.580. The minimum atomic E-state index is -4.52. The lowest BCUT2D eigenvalue weighted by Crippen LogP contribution is -2.38. The zero-order valence-electron chi connectivity index (χ0n) is 17.2. The molecular weight excluding hydrogens is 411 g/mol. The van der Waals surface area contributed by atoms with Crippen molar-refractivity contribution in [3.05, 3.63) is 41.7 Å². The molecule has 31 heavy (non-hydrogen) atoms. The fourth-order valence-corrected chi connectivity index (χ4v) is 4.10. The van der Waals surface area contributed by atoms with Crippen LogP contribution in [0, 0.1) is 0 Å². The number of carbonyl (C=O) groups excluding carboxylic acids is 1. The first-order valence-electron chi connectivity index (χ1n) is 10.5. The molecule has 0 atom stereocenters. The third-order valence-corrected chi connectivity index (χ3v) is 5.79. The maximum atomic E-state index is 13.7. The van der Waals surface area contributed by atoms with Crippen molar-refractivity contribution in [2.24, 2.45) is 0 Å². The maximum absolute atomic E-state index is 13.7. The number of likely N-dealkylation sites (tertiary alicyclic amines) is 1. The van der Waals surface area contributed by atoms with Crippen LogP contribution in [0.15, 0.2) is 29.3 Å².